The number of carbonyl (C=O) groups excluding carboxylic acids is 2. The molecule has 0 unspecified atom stereocenters. The number of hydrogen-bond donors (Lipinski definition) is 3. The summed E-state index contributed by atoms with van der Waals surface area (Å²) in [5.41, 5.74) is 1.43. The number of amidine groups is 1. The smallest absolute Gasteiger partial charge is 0.269 e. The first-order valence-electron chi connectivity index (χ1n) is 9.75. The van der Waals surface area contributed by atoms with Gasteiger partial charge in [-0.2, -0.15) is 5.10 Å². The maximum absolute atomic E-state index is 13.4. The largest absolute Gasteiger partial charge is 0.366 e. The van der Waals surface area contributed by atoms with Crippen molar-refractivity contribution >= 4 is 53.2 Å². The van der Waals surface area contributed by atoms with Gasteiger partial charge in [0.15, 0.2) is 17.5 Å². The third-order valence-corrected chi connectivity index (χ3v) is 4.93. The van der Waals surface area contributed by atoms with Gasteiger partial charge in [-0.15, -0.1) is 12.4 Å². The molecule has 8 nitrogen and oxygen atoms in total. The summed E-state index contributed by atoms with van der Waals surface area (Å²) in [5, 5.41) is 11.2. The average molecular weight is 511 g/mol. The Hall–Kier alpha value is -3.50. The average Bonchev–Trinajstić information content (AvgIpc) is 3.23. The third-order valence-electron chi connectivity index (χ3n) is 4.62. The zero-order valence-electron chi connectivity index (χ0n) is 18.4. The van der Waals surface area contributed by atoms with Crippen molar-refractivity contribution in [2.24, 2.45) is 4.99 Å². The number of aliphatic imine (C=N–C) groups is 1. The first-order valence-corrected chi connectivity index (χ1v) is 10.1. The molecule has 0 saturated heterocycles. The van der Waals surface area contributed by atoms with E-state index in [0.29, 0.717) is 12.1 Å². The molecule has 0 radical (unpaired) electrons. The van der Waals surface area contributed by atoms with Crippen molar-refractivity contribution in [1.82, 2.24) is 20.4 Å². The van der Waals surface area contributed by atoms with Crippen molar-refractivity contribution in [2.75, 3.05) is 19.4 Å². The highest BCUT2D eigenvalue weighted by molar-refractivity contribution is 6.34. The van der Waals surface area contributed by atoms with Crippen LogP contribution < -0.4 is 10.6 Å². The van der Waals surface area contributed by atoms with Gasteiger partial charge in [0.05, 0.1) is 16.3 Å². The molecule has 2 amide bonds. The summed E-state index contributed by atoms with van der Waals surface area (Å²) in [6, 6.07) is 10.1. The van der Waals surface area contributed by atoms with Crippen LogP contribution in [0.3, 0.4) is 0 Å². The molecular weight excluding hydrogens is 489 g/mol. The van der Waals surface area contributed by atoms with Crippen LogP contribution >= 0.6 is 24.0 Å². The number of anilines is 1. The number of carbonyl (C=O) groups is 2. The SMILES string of the molecule is CC(=Nc1cccc(CNC(=O)c2cc(NC(=O)c3cc(F)c(F)cc3Cl)n[nH]2)c1)N(C)C.Cl. The van der Waals surface area contributed by atoms with E-state index >= 15 is 0 Å². The lowest BCUT2D eigenvalue weighted by Crippen LogP contribution is -2.23. The van der Waals surface area contributed by atoms with Gasteiger partial charge in [0.1, 0.15) is 11.5 Å². The van der Waals surface area contributed by atoms with E-state index in [1.165, 1.54) is 6.07 Å². The van der Waals surface area contributed by atoms with E-state index in [4.69, 9.17) is 11.6 Å². The van der Waals surface area contributed by atoms with Gasteiger partial charge >= 0.3 is 0 Å². The number of amides is 2. The first-order chi connectivity index (χ1) is 15.6. The van der Waals surface area contributed by atoms with E-state index in [2.05, 4.69) is 25.8 Å². The van der Waals surface area contributed by atoms with Crippen LogP contribution in [0.2, 0.25) is 5.02 Å². The van der Waals surface area contributed by atoms with Gasteiger partial charge in [0, 0.05) is 26.7 Å². The third kappa shape index (κ3) is 6.75. The van der Waals surface area contributed by atoms with Gasteiger partial charge in [0.2, 0.25) is 0 Å². The zero-order chi connectivity index (χ0) is 24.1. The number of aromatic nitrogens is 2. The standard InChI is InChI=1S/C22H21ClF2N6O2.ClH/c1-12(31(2)3)27-14-6-4-5-13(7-14)11-26-22(33)19-10-20(30-29-19)28-21(32)15-8-17(24)18(25)9-16(15)23;/h4-10H,11H2,1-3H3,(H,26,33)(H2,28,29,30,32);1H. The molecule has 1 aromatic heterocycles. The number of hydrogen-bond acceptors (Lipinski definition) is 4. The minimum atomic E-state index is -1.21. The molecule has 0 bridgehead atoms. The number of nitrogens with one attached hydrogen (secondary N) is 3. The van der Waals surface area contributed by atoms with Crippen LogP contribution in [-0.4, -0.2) is 46.8 Å². The normalized spacial score (nSPS) is 10.9. The molecule has 0 spiro atoms. The predicted octanol–water partition coefficient (Wildman–Crippen LogP) is 4.56. The Bertz CT molecular complexity index is 1230. The lowest BCUT2D eigenvalue weighted by Gasteiger charge is -2.11. The second-order valence-corrected chi connectivity index (χ2v) is 7.68. The summed E-state index contributed by atoms with van der Waals surface area (Å²) in [5.74, 6) is -2.77. The summed E-state index contributed by atoms with van der Waals surface area (Å²) in [4.78, 5) is 31.1. The minimum Gasteiger partial charge on any atom is -0.366 e. The van der Waals surface area contributed by atoms with Crippen LogP contribution in [0.4, 0.5) is 20.3 Å². The molecule has 0 aliphatic rings. The van der Waals surface area contributed by atoms with Crippen LogP contribution in [0.25, 0.3) is 0 Å². The Morgan fingerprint density at radius 3 is 2.53 bits per heavy atom. The Morgan fingerprint density at radius 1 is 1.12 bits per heavy atom. The van der Waals surface area contributed by atoms with Crippen LogP contribution in [0.5, 0.6) is 0 Å². The molecule has 3 N–H and O–H groups in total. The molecule has 1 heterocycles. The maximum atomic E-state index is 13.4. The monoisotopic (exact) mass is 510 g/mol. The molecular formula is C22H22Cl2F2N6O2. The molecule has 0 aliphatic carbocycles. The van der Waals surface area contributed by atoms with Gasteiger partial charge < -0.3 is 15.5 Å². The number of nitrogens with zero attached hydrogens (tertiary/aromatic N) is 3. The van der Waals surface area contributed by atoms with Gasteiger partial charge in [-0.25, -0.2) is 13.8 Å². The zero-order valence-corrected chi connectivity index (χ0v) is 20.0. The number of rotatable bonds is 6. The van der Waals surface area contributed by atoms with Crippen molar-refractivity contribution in [3.63, 3.8) is 0 Å². The number of aromatic amines is 1. The summed E-state index contributed by atoms with van der Waals surface area (Å²) in [6.45, 7) is 2.14. The molecule has 0 saturated carbocycles. The fourth-order valence-electron chi connectivity index (χ4n) is 2.68. The van der Waals surface area contributed by atoms with E-state index in [-0.39, 0.29) is 41.0 Å². The van der Waals surface area contributed by atoms with Crippen LogP contribution in [0, 0.1) is 11.6 Å². The molecule has 0 fully saturated rings. The second-order valence-electron chi connectivity index (χ2n) is 7.27. The molecule has 12 heteroatoms. The number of halogens is 4. The molecule has 3 rings (SSSR count). The lowest BCUT2D eigenvalue weighted by molar-refractivity contribution is 0.0945. The van der Waals surface area contributed by atoms with Gasteiger partial charge in [-0.1, -0.05) is 23.7 Å². The van der Waals surface area contributed by atoms with Crippen LogP contribution in [0.1, 0.15) is 33.3 Å². The fraction of sp³-hybridized carbons (Fsp3) is 0.182. The minimum absolute atomic E-state index is 0. The Balaban J connectivity index is 0.00000408. The van der Waals surface area contributed by atoms with Crippen molar-refractivity contribution in [3.8, 4) is 0 Å². The fourth-order valence-corrected chi connectivity index (χ4v) is 2.92. The first kappa shape index (κ1) is 26.7. The van der Waals surface area contributed by atoms with Gasteiger partial charge in [0.25, 0.3) is 11.8 Å². The highest BCUT2D eigenvalue weighted by atomic mass is 35.5. The second kappa shape index (κ2) is 11.6. The summed E-state index contributed by atoms with van der Waals surface area (Å²) < 4.78 is 26.6. The van der Waals surface area contributed by atoms with Crippen molar-refractivity contribution in [3.05, 3.63) is 75.9 Å². The predicted molar refractivity (Wildman–Crippen MR) is 129 cm³/mol. The Morgan fingerprint density at radius 2 is 1.82 bits per heavy atom. The molecule has 2 aromatic carbocycles. The number of H-pyrrole nitrogens is 1. The Labute approximate surface area is 205 Å². The van der Waals surface area contributed by atoms with Crippen LogP contribution in [0.15, 0.2) is 47.5 Å². The number of benzene rings is 2. The van der Waals surface area contributed by atoms with E-state index in [9.17, 15) is 18.4 Å². The van der Waals surface area contributed by atoms with Crippen molar-refractivity contribution in [2.45, 2.75) is 13.5 Å². The van der Waals surface area contributed by atoms with Crippen LogP contribution in [-0.2, 0) is 6.54 Å². The highest BCUT2D eigenvalue weighted by Gasteiger charge is 2.17. The molecule has 0 atom stereocenters. The maximum Gasteiger partial charge on any atom is 0.269 e. The van der Waals surface area contributed by atoms with Crippen molar-refractivity contribution < 1.29 is 18.4 Å². The van der Waals surface area contributed by atoms with Crippen molar-refractivity contribution in [1.29, 1.82) is 0 Å². The van der Waals surface area contributed by atoms with Gasteiger partial charge in [-0.3, -0.25) is 14.7 Å². The Kier molecular flexibility index (Phi) is 9.11. The molecule has 34 heavy (non-hydrogen) atoms. The van der Waals surface area contributed by atoms with E-state index in [0.717, 1.165) is 17.1 Å². The van der Waals surface area contributed by atoms with E-state index < -0.39 is 23.4 Å². The molecule has 180 valence electrons. The topological polar surface area (TPSA) is 102 Å². The lowest BCUT2D eigenvalue weighted by atomic mass is 10.2. The van der Waals surface area contributed by atoms with Gasteiger partial charge in [-0.05, 0) is 36.8 Å². The van der Waals surface area contributed by atoms with E-state index in [1.54, 1.807) is 0 Å². The summed E-state index contributed by atoms with van der Waals surface area (Å²) >= 11 is 5.80. The molecule has 0 aliphatic heterocycles. The van der Waals surface area contributed by atoms with E-state index in [1.807, 2.05) is 50.2 Å². The highest BCUT2D eigenvalue weighted by Crippen LogP contribution is 2.21. The summed E-state index contributed by atoms with van der Waals surface area (Å²) in [7, 11) is 3.80. The molecule has 3 aromatic rings. The summed E-state index contributed by atoms with van der Waals surface area (Å²) in [6.07, 6.45) is 0. The quantitative estimate of drug-likeness (QED) is 0.257.